The summed E-state index contributed by atoms with van der Waals surface area (Å²) in [5.41, 5.74) is 4.46. The third-order valence-corrected chi connectivity index (χ3v) is 5.38. The fourth-order valence-corrected chi connectivity index (χ4v) is 3.77. The van der Waals surface area contributed by atoms with Crippen LogP contribution in [0.2, 0.25) is 0 Å². The summed E-state index contributed by atoms with van der Waals surface area (Å²) < 4.78 is 7.20. The number of amides is 1. The van der Waals surface area contributed by atoms with Crippen molar-refractivity contribution in [1.82, 2.24) is 9.47 Å². The highest BCUT2D eigenvalue weighted by molar-refractivity contribution is 5.99. The van der Waals surface area contributed by atoms with Gasteiger partial charge in [0.05, 0.1) is 0 Å². The number of likely N-dealkylation sites (tertiary alicyclic amines) is 1. The van der Waals surface area contributed by atoms with Crippen molar-refractivity contribution in [1.29, 1.82) is 0 Å². The van der Waals surface area contributed by atoms with Crippen LogP contribution in [0.15, 0.2) is 30.3 Å². The third kappa shape index (κ3) is 4.94. The number of nitrogens with zero attached hydrogens (tertiary/aromatic N) is 2. The van der Waals surface area contributed by atoms with Crippen molar-refractivity contribution in [3.05, 3.63) is 52.8 Å². The Kier molecular flexibility index (Phi) is 6.52. The molecule has 0 bridgehead atoms. The number of rotatable bonds is 6. The molecular weight excluding hydrogens is 368 g/mol. The Hall–Kier alpha value is -2.89. The molecule has 29 heavy (non-hydrogen) atoms. The van der Waals surface area contributed by atoms with E-state index in [9.17, 15) is 14.4 Å². The van der Waals surface area contributed by atoms with Crippen molar-refractivity contribution in [3.63, 3.8) is 0 Å². The first-order chi connectivity index (χ1) is 13.9. The fourth-order valence-electron chi connectivity index (χ4n) is 3.77. The highest BCUT2D eigenvalue weighted by Gasteiger charge is 2.22. The van der Waals surface area contributed by atoms with Gasteiger partial charge in [0.2, 0.25) is 11.7 Å². The van der Waals surface area contributed by atoms with E-state index in [0.29, 0.717) is 18.5 Å². The minimum absolute atomic E-state index is 0.0209. The van der Waals surface area contributed by atoms with Crippen LogP contribution in [-0.4, -0.2) is 46.8 Å². The first-order valence-corrected chi connectivity index (χ1v) is 10.1. The molecule has 1 fully saturated rings. The van der Waals surface area contributed by atoms with E-state index < -0.39 is 5.97 Å². The Labute approximate surface area is 171 Å². The highest BCUT2D eigenvalue weighted by Crippen LogP contribution is 2.22. The van der Waals surface area contributed by atoms with Gasteiger partial charge in [-0.25, -0.2) is 0 Å². The molecule has 6 heteroatoms. The summed E-state index contributed by atoms with van der Waals surface area (Å²) in [7, 11) is 0. The molecule has 1 aliphatic rings. The highest BCUT2D eigenvalue weighted by atomic mass is 16.5. The second kappa shape index (κ2) is 9.07. The summed E-state index contributed by atoms with van der Waals surface area (Å²) in [6.45, 7) is 6.02. The van der Waals surface area contributed by atoms with Gasteiger partial charge in [-0.2, -0.15) is 0 Å². The van der Waals surface area contributed by atoms with Gasteiger partial charge in [0.25, 0.3) is 0 Å². The average Bonchev–Trinajstić information content (AvgIpc) is 2.84. The molecule has 0 saturated carbocycles. The topological polar surface area (TPSA) is 68.6 Å². The Morgan fingerprint density at radius 2 is 1.76 bits per heavy atom. The first kappa shape index (κ1) is 20.8. The van der Waals surface area contributed by atoms with Crippen LogP contribution in [0.5, 0.6) is 0 Å². The third-order valence-electron chi connectivity index (χ3n) is 5.38. The number of carbonyl (C=O) groups excluding carboxylic acids is 3. The van der Waals surface area contributed by atoms with Crippen LogP contribution < -0.4 is 0 Å². The van der Waals surface area contributed by atoms with Crippen molar-refractivity contribution in [2.24, 2.45) is 0 Å². The number of hydrogen-bond donors (Lipinski definition) is 0. The summed E-state index contributed by atoms with van der Waals surface area (Å²) in [5.74, 6) is -0.805. The quantitative estimate of drug-likeness (QED) is 0.553. The maximum absolute atomic E-state index is 12.7. The number of aromatic nitrogens is 1. The Morgan fingerprint density at radius 1 is 1.03 bits per heavy atom. The van der Waals surface area contributed by atoms with Crippen LogP contribution >= 0.6 is 0 Å². The number of ketones is 1. The molecule has 3 rings (SSSR count). The molecule has 0 unspecified atom stereocenters. The number of Topliss-reactive ketones (excluding diaryl/α,β-unsaturated/α-hetero) is 1. The van der Waals surface area contributed by atoms with Gasteiger partial charge < -0.3 is 14.2 Å². The molecule has 2 heterocycles. The smallest absolute Gasteiger partial charge is 0.326 e. The number of benzene rings is 1. The molecule has 0 radical (unpaired) electrons. The van der Waals surface area contributed by atoms with Gasteiger partial charge in [-0.05, 0) is 51.8 Å². The predicted octanol–water partition coefficient (Wildman–Crippen LogP) is 3.53. The number of aryl methyl sites for hydroxylation is 2. The summed E-state index contributed by atoms with van der Waals surface area (Å²) in [5, 5.41) is 0. The lowest BCUT2D eigenvalue weighted by atomic mass is 10.1. The normalized spacial score (nSPS) is 14.6. The first-order valence-electron chi connectivity index (χ1n) is 10.1. The largest absolute Gasteiger partial charge is 0.456 e. The van der Waals surface area contributed by atoms with Crippen molar-refractivity contribution in [2.45, 2.75) is 46.5 Å². The molecule has 154 valence electrons. The Balaban J connectivity index is 1.63. The number of esters is 1. The van der Waals surface area contributed by atoms with E-state index in [1.54, 1.807) is 0 Å². The minimum atomic E-state index is -0.541. The average molecular weight is 396 g/mol. The van der Waals surface area contributed by atoms with Crippen LogP contribution in [0.3, 0.4) is 0 Å². The van der Waals surface area contributed by atoms with Crippen LogP contribution in [0.1, 0.15) is 53.0 Å². The fraction of sp³-hybridized carbons (Fsp3) is 0.435. The lowest BCUT2D eigenvalue weighted by molar-refractivity contribution is -0.148. The van der Waals surface area contributed by atoms with E-state index in [-0.39, 0.29) is 24.8 Å². The molecule has 1 aliphatic heterocycles. The van der Waals surface area contributed by atoms with Crippen LogP contribution in [0.25, 0.3) is 5.69 Å². The van der Waals surface area contributed by atoms with Crippen LogP contribution in [-0.2, 0) is 14.3 Å². The lowest BCUT2D eigenvalue weighted by Gasteiger charge is -2.19. The number of hydrogen-bond acceptors (Lipinski definition) is 4. The zero-order valence-corrected chi connectivity index (χ0v) is 17.4. The van der Waals surface area contributed by atoms with E-state index in [0.717, 1.165) is 36.3 Å². The van der Waals surface area contributed by atoms with E-state index in [2.05, 4.69) is 0 Å². The van der Waals surface area contributed by atoms with Crippen molar-refractivity contribution in [2.75, 3.05) is 19.7 Å². The molecule has 0 N–H and O–H groups in total. The van der Waals surface area contributed by atoms with Gasteiger partial charge in [0, 0.05) is 35.6 Å². The molecule has 1 aromatic heterocycles. The van der Waals surface area contributed by atoms with Crippen LogP contribution in [0.4, 0.5) is 0 Å². The second-order valence-corrected chi connectivity index (χ2v) is 7.67. The number of carbonyl (C=O) groups is 3. The maximum atomic E-state index is 12.7. The predicted molar refractivity (Wildman–Crippen MR) is 110 cm³/mol. The van der Waals surface area contributed by atoms with Gasteiger partial charge in [0.15, 0.2) is 6.61 Å². The summed E-state index contributed by atoms with van der Waals surface area (Å²) in [4.78, 5) is 38.3. The molecule has 1 amide bonds. The van der Waals surface area contributed by atoms with E-state index in [1.165, 1.54) is 10.5 Å². The minimum Gasteiger partial charge on any atom is -0.456 e. The zero-order valence-electron chi connectivity index (χ0n) is 17.4. The van der Waals surface area contributed by atoms with Crippen molar-refractivity contribution >= 4 is 17.7 Å². The monoisotopic (exact) mass is 396 g/mol. The summed E-state index contributed by atoms with van der Waals surface area (Å²) >= 11 is 0. The van der Waals surface area contributed by atoms with E-state index in [1.807, 2.05) is 55.7 Å². The second-order valence-electron chi connectivity index (χ2n) is 7.67. The molecule has 0 aliphatic carbocycles. The lowest BCUT2D eigenvalue weighted by Crippen LogP contribution is -2.36. The van der Waals surface area contributed by atoms with Crippen molar-refractivity contribution < 1.29 is 19.1 Å². The van der Waals surface area contributed by atoms with Gasteiger partial charge in [-0.15, -0.1) is 0 Å². The van der Waals surface area contributed by atoms with Gasteiger partial charge in [0.1, 0.15) is 6.54 Å². The van der Waals surface area contributed by atoms with Gasteiger partial charge in [-0.1, -0.05) is 24.1 Å². The zero-order chi connectivity index (χ0) is 21.0. The molecule has 2 aromatic rings. The Morgan fingerprint density at radius 3 is 2.48 bits per heavy atom. The molecule has 0 spiro atoms. The molecule has 1 aromatic carbocycles. The summed E-state index contributed by atoms with van der Waals surface area (Å²) in [6, 6.07) is 9.91. The van der Waals surface area contributed by atoms with E-state index in [4.69, 9.17) is 4.74 Å². The number of ether oxygens (including phenoxy) is 1. The molecule has 6 nitrogen and oxygen atoms in total. The van der Waals surface area contributed by atoms with Crippen molar-refractivity contribution in [3.8, 4) is 5.69 Å². The Bertz CT molecular complexity index is 912. The maximum Gasteiger partial charge on any atom is 0.326 e. The molecular formula is C23H28N2O4. The summed E-state index contributed by atoms with van der Waals surface area (Å²) in [6.07, 6.45) is 3.21. The molecule has 0 atom stereocenters. The van der Waals surface area contributed by atoms with Gasteiger partial charge in [-0.3, -0.25) is 14.4 Å². The van der Waals surface area contributed by atoms with Gasteiger partial charge >= 0.3 is 5.97 Å². The SMILES string of the molecule is Cc1ccc(-n2c(C)cc(C(=O)COC(=O)CN3CCCCCC3=O)c2C)cc1. The van der Waals surface area contributed by atoms with Crippen LogP contribution in [0, 0.1) is 20.8 Å². The molecule has 1 saturated heterocycles. The van der Waals surface area contributed by atoms with E-state index >= 15 is 0 Å². The standard InChI is InChI=1S/C23H28N2O4/c1-16-8-10-19(11-9-16)25-17(2)13-20(18(25)3)21(26)15-29-23(28)14-24-12-6-4-5-7-22(24)27/h8-11,13H,4-7,12,14-15H2,1-3H3.